The number of nitrogens with zero attached hydrogens (tertiary/aromatic N) is 2. The van der Waals surface area contributed by atoms with E-state index in [2.05, 4.69) is 88.4 Å². The number of rotatable bonds is 3. The van der Waals surface area contributed by atoms with Crippen LogP contribution in [0.4, 0.5) is 5.69 Å². The van der Waals surface area contributed by atoms with E-state index in [0.29, 0.717) is 0 Å². The molecule has 0 aromatic heterocycles. The number of allylic oxidation sites excluding steroid dienone is 5. The Morgan fingerprint density at radius 3 is 1.97 bits per heavy atom. The fraction of sp³-hybridized carbons (Fsp3) is 0.296. The van der Waals surface area contributed by atoms with Gasteiger partial charge >= 0.3 is 0 Å². The molecule has 4 heteroatoms. The summed E-state index contributed by atoms with van der Waals surface area (Å²) in [4.78, 5) is 2.40. The molecule has 2 aliphatic heterocycles. The Bertz CT molecular complexity index is 1000. The highest BCUT2D eigenvalue weighted by atomic mass is 16.5. The van der Waals surface area contributed by atoms with E-state index in [1.807, 2.05) is 0 Å². The average molecular weight is 414 g/mol. The lowest BCUT2D eigenvalue weighted by molar-refractivity contribution is -0.547. The second kappa shape index (κ2) is 9.46. The maximum atomic E-state index is 5.50. The van der Waals surface area contributed by atoms with Gasteiger partial charge in [0.25, 0.3) is 0 Å². The lowest BCUT2D eigenvalue weighted by Gasteiger charge is -2.29. The predicted molar refractivity (Wildman–Crippen MR) is 126 cm³/mol. The Hall–Kier alpha value is -2.95. The molecule has 0 radical (unpaired) electrons. The molecule has 158 valence electrons. The van der Waals surface area contributed by atoms with Crippen molar-refractivity contribution in [1.29, 1.82) is 0 Å². The van der Waals surface area contributed by atoms with Crippen molar-refractivity contribution in [1.82, 2.24) is 0 Å². The summed E-state index contributed by atoms with van der Waals surface area (Å²) >= 11 is 0. The Morgan fingerprint density at radius 1 is 0.677 bits per heavy atom. The van der Waals surface area contributed by atoms with Crippen LogP contribution in [0.1, 0.15) is 11.1 Å². The number of morpholine rings is 2. The molecule has 4 nitrogen and oxygen atoms in total. The maximum absolute atomic E-state index is 5.50. The van der Waals surface area contributed by atoms with E-state index in [-0.39, 0.29) is 0 Å². The summed E-state index contributed by atoms with van der Waals surface area (Å²) in [6, 6.07) is 19.7. The summed E-state index contributed by atoms with van der Waals surface area (Å²) in [7, 11) is 0. The second-order valence-corrected chi connectivity index (χ2v) is 8.03. The first-order chi connectivity index (χ1) is 15.4. The van der Waals surface area contributed by atoms with Crippen LogP contribution in [-0.4, -0.2) is 62.9 Å². The van der Waals surface area contributed by atoms with Crippen LogP contribution in [0.15, 0.2) is 84.5 Å². The van der Waals surface area contributed by atoms with Gasteiger partial charge in [0.2, 0.25) is 0 Å². The molecule has 2 fully saturated rings. The predicted octanol–water partition coefficient (Wildman–Crippen LogP) is 3.93. The maximum Gasteiger partial charge on any atom is 0.200 e. The summed E-state index contributed by atoms with van der Waals surface area (Å²) in [5.74, 6) is 0. The lowest BCUT2D eigenvalue weighted by Crippen LogP contribution is -2.36. The number of hydrogen-bond donors (Lipinski definition) is 0. The first-order valence-corrected chi connectivity index (χ1v) is 11.2. The fourth-order valence-corrected chi connectivity index (χ4v) is 4.43. The molecular weight excluding hydrogens is 384 g/mol. The minimum Gasteiger partial charge on any atom is -0.378 e. The Balaban J connectivity index is 1.49. The molecule has 3 aliphatic rings. The molecule has 0 atom stereocenters. The van der Waals surface area contributed by atoms with Crippen molar-refractivity contribution in [2.75, 3.05) is 57.5 Å². The molecule has 0 bridgehead atoms. The average Bonchev–Trinajstić information content (AvgIpc) is 2.87. The van der Waals surface area contributed by atoms with Crippen LogP contribution >= 0.6 is 0 Å². The van der Waals surface area contributed by atoms with Gasteiger partial charge in [-0.2, -0.15) is 0 Å². The van der Waals surface area contributed by atoms with Crippen molar-refractivity contribution in [3.05, 3.63) is 95.6 Å². The summed E-state index contributed by atoms with van der Waals surface area (Å²) in [5.41, 5.74) is 7.51. The van der Waals surface area contributed by atoms with Crippen LogP contribution in [0.5, 0.6) is 0 Å². The van der Waals surface area contributed by atoms with Crippen LogP contribution in [0.25, 0.3) is 5.57 Å². The smallest absolute Gasteiger partial charge is 0.200 e. The lowest BCUT2D eigenvalue weighted by atomic mass is 9.90. The highest BCUT2D eigenvalue weighted by molar-refractivity contribution is 6.04. The molecule has 0 saturated carbocycles. The SMILES string of the molecule is C1=CC(=[N+]2CCOCC2)C=CC1=C(c1ccccc1)c1ccc(N2CCOCC2)cc1. The van der Waals surface area contributed by atoms with Gasteiger partial charge in [-0.05, 0) is 46.6 Å². The van der Waals surface area contributed by atoms with Gasteiger partial charge in [-0.15, -0.1) is 0 Å². The molecule has 31 heavy (non-hydrogen) atoms. The Kier molecular flexibility index (Phi) is 6.10. The fourth-order valence-electron chi connectivity index (χ4n) is 4.43. The molecule has 0 unspecified atom stereocenters. The van der Waals surface area contributed by atoms with Crippen LogP contribution < -0.4 is 4.90 Å². The monoisotopic (exact) mass is 413 g/mol. The van der Waals surface area contributed by atoms with Crippen molar-refractivity contribution in [3.63, 3.8) is 0 Å². The standard InChI is InChI=1S/C27H29N2O2/c1-2-4-22(5-3-1)27(23-6-10-25(11-7-23)28-14-18-30-19-15-28)24-8-12-26(13-9-24)29-16-20-31-21-17-29/h1-13H,14-21H2/q+1. The summed E-state index contributed by atoms with van der Waals surface area (Å²) in [5, 5.41) is 0. The third kappa shape index (κ3) is 4.55. The first kappa shape index (κ1) is 20.0. The Labute approximate surface area is 184 Å². The van der Waals surface area contributed by atoms with Gasteiger partial charge in [0.05, 0.1) is 13.2 Å². The van der Waals surface area contributed by atoms with E-state index in [9.17, 15) is 0 Å². The van der Waals surface area contributed by atoms with Crippen molar-refractivity contribution in [2.45, 2.75) is 0 Å². The van der Waals surface area contributed by atoms with Crippen molar-refractivity contribution in [2.24, 2.45) is 0 Å². The van der Waals surface area contributed by atoms with Gasteiger partial charge in [0.15, 0.2) is 18.8 Å². The van der Waals surface area contributed by atoms with Gasteiger partial charge in [0.1, 0.15) is 13.2 Å². The quantitative estimate of drug-likeness (QED) is 0.713. The molecule has 2 saturated heterocycles. The topological polar surface area (TPSA) is 24.7 Å². The van der Waals surface area contributed by atoms with Crippen LogP contribution in [0.3, 0.4) is 0 Å². The molecule has 2 aromatic rings. The normalized spacial score (nSPS) is 19.1. The van der Waals surface area contributed by atoms with Crippen molar-refractivity contribution in [3.8, 4) is 0 Å². The number of ether oxygens (including phenoxy) is 2. The zero-order valence-electron chi connectivity index (χ0n) is 17.9. The van der Waals surface area contributed by atoms with E-state index < -0.39 is 0 Å². The summed E-state index contributed by atoms with van der Waals surface area (Å²) in [6.07, 6.45) is 8.99. The molecule has 5 rings (SSSR count). The molecular formula is C27H29N2O2+. The molecule has 1 aliphatic carbocycles. The summed E-state index contributed by atoms with van der Waals surface area (Å²) < 4.78 is 13.4. The molecule has 0 spiro atoms. The van der Waals surface area contributed by atoms with E-state index >= 15 is 0 Å². The molecule has 2 aromatic carbocycles. The minimum atomic E-state index is 0.804. The minimum absolute atomic E-state index is 0.804. The van der Waals surface area contributed by atoms with Gasteiger partial charge < -0.3 is 14.4 Å². The first-order valence-electron chi connectivity index (χ1n) is 11.2. The highest BCUT2D eigenvalue weighted by Gasteiger charge is 2.18. The number of benzene rings is 2. The summed E-state index contributed by atoms with van der Waals surface area (Å²) in [6.45, 7) is 7.04. The zero-order valence-corrected chi connectivity index (χ0v) is 17.9. The molecule has 2 heterocycles. The van der Waals surface area contributed by atoms with Crippen LogP contribution in [0, 0.1) is 0 Å². The van der Waals surface area contributed by atoms with Crippen molar-refractivity contribution >= 4 is 17.0 Å². The largest absolute Gasteiger partial charge is 0.378 e. The number of hydrogen-bond acceptors (Lipinski definition) is 3. The van der Waals surface area contributed by atoms with Gasteiger partial charge in [-0.25, -0.2) is 4.58 Å². The van der Waals surface area contributed by atoms with Crippen LogP contribution in [0.2, 0.25) is 0 Å². The van der Waals surface area contributed by atoms with Crippen LogP contribution in [-0.2, 0) is 9.47 Å². The van der Waals surface area contributed by atoms with Crippen molar-refractivity contribution < 1.29 is 14.0 Å². The van der Waals surface area contributed by atoms with E-state index in [1.165, 1.54) is 33.7 Å². The van der Waals surface area contributed by atoms with Gasteiger partial charge in [0, 0.05) is 30.9 Å². The number of anilines is 1. The molecule has 0 amide bonds. The third-order valence-electron chi connectivity index (χ3n) is 6.13. The van der Waals surface area contributed by atoms with Gasteiger partial charge in [-0.3, -0.25) is 0 Å². The second-order valence-electron chi connectivity index (χ2n) is 8.03. The zero-order chi connectivity index (χ0) is 20.9. The van der Waals surface area contributed by atoms with Gasteiger partial charge in [-0.1, -0.05) is 42.5 Å². The third-order valence-corrected chi connectivity index (χ3v) is 6.13. The van der Waals surface area contributed by atoms with E-state index in [4.69, 9.17) is 9.47 Å². The Morgan fingerprint density at radius 2 is 1.29 bits per heavy atom. The van der Waals surface area contributed by atoms with E-state index in [1.54, 1.807) is 0 Å². The van der Waals surface area contributed by atoms with E-state index in [0.717, 1.165) is 52.6 Å². The highest BCUT2D eigenvalue weighted by Crippen LogP contribution is 2.31. The molecule has 0 N–H and O–H groups in total.